The SMILES string of the molecule is CCCCN(CCO)c1nc2ccc(N)cc2[nH]1. The van der Waals surface area contributed by atoms with E-state index < -0.39 is 0 Å². The predicted molar refractivity (Wildman–Crippen MR) is 74.7 cm³/mol. The Bertz CT molecular complexity index is 509. The van der Waals surface area contributed by atoms with Crippen LogP contribution in [0.2, 0.25) is 0 Å². The summed E-state index contributed by atoms with van der Waals surface area (Å²) in [6.07, 6.45) is 2.20. The van der Waals surface area contributed by atoms with Crippen LogP contribution in [0.15, 0.2) is 18.2 Å². The van der Waals surface area contributed by atoms with E-state index in [2.05, 4.69) is 21.8 Å². The first-order chi connectivity index (χ1) is 8.74. The summed E-state index contributed by atoms with van der Waals surface area (Å²) < 4.78 is 0. The molecule has 0 saturated carbocycles. The van der Waals surface area contributed by atoms with Crippen LogP contribution >= 0.6 is 0 Å². The van der Waals surface area contributed by atoms with E-state index in [1.54, 1.807) is 0 Å². The van der Waals surface area contributed by atoms with Crippen molar-refractivity contribution in [1.29, 1.82) is 0 Å². The first-order valence-corrected chi connectivity index (χ1v) is 6.35. The summed E-state index contributed by atoms with van der Waals surface area (Å²) in [4.78, 5) is 9.85. The number of aromatic nitrogens is 2. The number of nitrogens with one attached hydrogen (secondary N) is 1. The average Bonchev–Trinajstić information content (AvgIpc) is 2.77. The monoisotopic (exact) mass is 248 g/mol. The molecule has 0 saturated heterocycles. The summed E-state index contributed by atoms with van der Waals surface area (Å²) in [5.41, 5.74) is 8.31. The van der Waals surface area contributed by atoms with Gasteiger partial charge in [-0.05, 0) is 24.6 Å². The standard InChI is InChI=1S/C13H20N4O/c1-2-3-6-17(7-8-18)13-15-11-5-4-10(14)9-12(11)16-13/h4-5,9,18H,2-3,6-8,14H2,1H3,(H,15,16). The molecule has 18 heavy (non-hydrogen) atoms. The summed E-state index contributed by atoms with van der Waals surface area (Å²) in [6.45, 7) is 3.76. The molecule has 4 N–H and O–H groups in total. The fourth-order valence-electron chi connectivity index (χ4n) is 1.96. The van der Waals surface area contributed by atoms with Gasteiger partial charge in [-0.15, -0.1) is 0 Å². The molecule has 0 aliphatic carbocycles. The van der Waals surface area contributed by atoms with Gasteiger partial charge in [-0.2, -0.15) is 0 Å². The molecular formula is C13H20N4O. The Labute approximate surface area is 107 Å². The van der Waals surface area contributed by atoms with Crippen LogP contribution in [0.5, 0.6) is 0 Å². The Kier molecular flexibility index (Phi) is 4.04. The van der Waals surface area contributed by atoms with Crippen LogP contribution in [-0.2, 0) is 0 Å². The number of aliphatic hydroxyl groups is 1. The molecule has 5 nitrogen and oxygen atoms in total. The fourth-order valence-corrected chi connectivity index (χ4v) is 1.96. The molecular weight excluding hydrogens is 228 g/mol. The summed E-state index contributed by atoms with van der Waals surface area (Å²) in [7, 11) is 0. The number of hydrogen-bond donors (Lipinski definition) is 3. The number of H-pyrrole nitrogens is 1. The molecule has 1 aromatic carbocycles. The van der Waals surface area contributed by atoms with Gasteiger partial charge in [0, 0.05) is 18.8 Å². The number of rotatable bonds is 6. The smallest absolute Gasteiger partial charge is 0.203 e. The molecule has 0 aliphatic heterocycles. The van der Waals surface area contributed by atoms with Crippen molar-refractivity contribution in [2.75, 3.05) is 30.3 Å². The molecule has 0 unspecified atom stereocenters. The zero-order valence-electron chi connectivity index (χ0n) is 10.7. The van der Waals surface area contributed by atoms with E-state index in [9.17, 15) is 0 Å². The third-order valence-corrected chi connectivity index (χ3v) is 2.94. The number of anilines is 2. The second-order valence-electron chi connectivity index (χ2n) is 4.40. The number of hydrogen-bond acceptors (Lipinski definition) is 4. The number of aromatic amines is 1. The van der Waals surface area contributed by atoms with Crippen molar-refractivity contribution in [2.24, 2.45) is 0 Å². The summed E-state index contributed by atoms with van der Waals surface area (Å²) in [6, 6.07) is 5.62. The molecule has 0 atom stereocenters. The van der Waals surface area contributed by atoms with E-state index in [1.807, 2.05) is 18.2 Å². The molecule has 1 aromatic heterocycles. The number of benzene rings is 1. The number of aliphatic hydroxyl groups excluding tert-OH is 1. The lowest BCUT2D eigenvalue weighted by molar-refractivity contribution is 0.301. The van der Waals surface area contributed by atoms with Crippen LogP contribution in [0.3, 0.4) is 0 Å². The van der Waals surface area contributed by atoms with Crippen LogP contribution < -0.4 is 10.6 Å². The van der Waals surface area contributed by atoms with Gasteiger partial charge in [0.25, 0.3) is 0 Å². The summed E-state index contributed by atoms with van der Waals surface area (Å²) in [5.74, 6) is 0.804. The summed E-state index contributed by atoms with van der Waals surface area (Å²) in [5, 5.41) is 9.11. The van der Waals surface area contributed by atoms with E-state index in [0.29, 0.717) is 6.54 Å². The minimum absolute atomic E-state index is 0.128. The number of fused-ring (bicyclic) bond motifs is 1. The highest BCUT2D eigenvalue weighted by atomic mass is 16.3. The number of nitrogen functional groups attached to an aromatic ring is 1. The minimum Gasteiger partial charge on any atom is -0.399 e. The largest absolute Gasteiger partial charge is 0.399 e. The number of nitrogens with two attached hydrogens (primary N) is 1. The van der Waals surface area contributed by atoms with E-state index in [-0.39, 0.29) is 6.61 Å². The highest BCUT2D eigenvalue weighted by molar-refractivity contribution is 5.80. The van der Waals surface area contributed by atoms with Gasteiger partial charge in [-0.25, -0.2) is 4.98 Å². The zero-order valence-corrected chi connectivity index (χ0v) is 10.7. The lowest BCUT2D eigenvalue weighted by Gasteiger charge is -2.20. The van der Waals surface area contributed by atoms with E-state index >= 15 is 0 Å². The van der Waals surface area contributed by atoms with Crippen LogP contribution in [0.1, 0.15) is 19.8 Å². The number of nitrogens with zero attached hydrogens (tertiary/aromatic N) is 2. The topological polar surface area (TPSA) is 78.2 Å². The lowest BCUT2D eigenvalue weighted by atomic mass is 10.3. The lowest BCUT2D eigenvalue weighted by Crippen LogP contribution is -2.28. The van der Waals surface area contributed by atoms with Crippen LogP contribution in [0.4, 0.5) is 11.6 Å². The highest BCUT2D eigenvalue weighted by Crippen LogP contribution is 2.19. The van der Waals surface area contributed by atoms with Crippen molar-refractivity contribution in [3.05, 3.63) is 18.2 Å². The third-order valence-electron chi connectivity index (χ3n) is 2.94. The first kappa shape index (κ1) is 12.7. The maximum atomic E-state index is 9.11. The maximum absolute atomic E-state index is 9.11. The molecule has 2 aromatic rings. The quantitative estimate of drug-likeness (QED) is 0.680. The van der Waals surface area contributed by atoms with Crippen LogP contribution in [0, 0.1) is 0 Å². The normalized spacial score (nSPS) is 11.0. The second-order valence-corrected chi connectivity index (χ2v) is 4.40. The van der Waals surface area contributed by atoms with E-state index in [1.165, 1.54) is 0 Å². The van der Waals surface area contributed by atoms with Crippen molar-refractivity contribution < 1.29 is 5.11 Å². The highest BCUT2D eigenvalue weighted by Gasteiger charge is 2.10. The number of imidazole rings is 1. The van der Waals surface area contributed by atoms with Gasteiger partial charge in [-0.3, -0.25) is 0 Å². The first-order valence-electron chi connectivity index (χ1n) is 6.35. The van der Waals surface area contributed by atoms with Gasteiger partial charge in [0.2, 0.25) is 5.95 Å². The Morgan fingerprint density at radius 3 is 2.94 bits per heavy atom. The van der Waals surface area contributed by atoms with Crippen LogP contribution in [-0.4, -0.2) is 34.8 Å². The van der Waals surface area contributed by atoms with Gasteiger partial charge in [0.05, 0.1) is 17.6 Å². The molecule has 5 heteroatoms. The molecule has 0 aliphatic rings. The number of unbranched alkanes of at least 4 members (excludes halogenated alkanes) is 1. The molecule has 98 valence electrons. The zero-order chi connectivity index (χ0) is 13.0. The molecule has 0 spiro atoms. The Hall–Kier alpha value is -1.75. The van der Waals surface area contributed by atoms with Gasteiger partial charge < -0.3 is 20.7 Å². The van der Waals surface area contributed by atoms with Gasteiger partial charge in [-0.1, -0.05) is 13.3 Å². The van der Waals surface area contributed by atoms with Gasteiger partial charge in [0.15, 0.2) is 0 Å². The van der Waals surface area contributed by atoms with E-state index in [4.69, 9.17) is 10.8 Å². The van der Waals surface area contributed by atoms with Gasteiger partial charge in [0.1, 0.15) is 0 Å². The maximum Gasteiger partial charge on any atom is 0.203 e. The molecule has 2 rings (SSSR count). The van der Waals surface area contributed by atoms with Crippen LogP contribution in [0.25, 0.3) is 11.0 Å². The average molecular weight is 248 g/mol. The Balaban J connectivity index is 2.26. The molecule has 0 bridgehead atoms. The van der Waals surface area contributed by atoms with Crippen molar-refractivity contribution >= 4 is 22.7 Å². The molecule has 0 radical (unpaired) electrons. The van der Waals surface area contributed by atoms with Crippen molar-refractivity contribution in [3.63, 3.8) is 0 Å². The Morgan fingerprint density at radius 2 is 2.22 bits per heavy atom. The van der Waals surface area contributed by atoms with Crippen molar-refractivity contribution in [1.82, 2.24) is 9.97 Å². The predicted octanol–water partition coefficient (Wildman–Crippen LogP) is 1.74. The third kappa shape index (κ3) is 2.73. The fraction of sp³-hybridized carbons (Fsp3) is 0.462. The minimum atomic E-state index is 0.128. The van der Waals surface area contributed by atoms with Gasteiger partial charge >= 0.3 is 0 Å². The van der Waals surface area contributed by atoms with Crippen molar-refractivity contribution in [2.45, 2.75) is 19.8 Å². The summed E-state index contributed by atoms with van der Waals surface area (Å²) >= 11 is 0. The van der Waals surface area contributed by atoms with Crippen molar-refractivity contribution in [3.8, 4) is 0 Å². The Morgan fingerprint density at radius 1 is 1.39 bits per heavy atom. The molecule has 0 fully saturated rings. The molecule has 0 amide bonds. The molecule has 1 heterocycles. The van der Waals surface area contributed by atoms with E-state index in [0.717, 1.165) is 42.1 Å². The second kappa shape index (κ2) is 5.73.